The fourth-order valence-electron chi connectivity index (χ4n) is 0.158. The predicted octanol–water partition coefficient (Wildman–Crippen LogP) is -2.67. The molecule has 0 N–H and O–H groups in total. The number of alkyl halides is 4. The maximum atomic E-state index is 11.5. The summed E-state index contributed by atoms with van der Waals surface area (Å²) in [6, 6.07) is 0. The normalized spacial score (nSPS) is 15.1. The van der Waals surface area contributed by atoms with Gasteiger partial charge >= 0.3 is 31.4 Å². The van der Waals surface area contributed by atoms with Gasteiger partial charge in [-0.15, -0.1) is 0 Å². The van der Waals surface area contributed by atoms with E-state index in [1.54, 1.807) is 0 Å². The number of hydrogen-bond donors (Lipinski definition) is 0. The Balaban J connectivity index is 0. The molecule has 0 saturated carbocycles. The second-order valence-electron chi connectivity index (χ2n) is 1.36. The first-order valence-corrected chi connectivity index (χ1v) is 3.31. The zero-order chi connectivity index (χ0) is 9.28. The van der Waals surface area contributed by atoms with Crippen LogP contribution in [0, 0.1) is 0 Å². The minimum atomic E-state index is -5.65. The number of halogens is 4. The largest absolute Gasteiger partial charge is 1.00 e. The van der Waals surface area contributed by atoms with Gasteiger partial charge in [0, 0.05) is 0 Å². The third-order valence-electron chi connectivity index (χ3n) is 0.460. The topological polar surface area (TPSA) is 66.4 Å². The second-order valence-corrected chi connectivity index (χ2v) is 2.37. The van der Waals surface area contributed by atoms with E-state index < -0.39 is 22.9 Å². The first-order valence-electron chi connectivity index (χ1n) is 1.98. The summed E-state index contributed by atoms with van der Waals surface area (Å²) in [4.78, 5) is 0. The van der Waals surface area contributed by atoms with Crippen LogP contribution in [0.3, 0.4) is 0 Å². The summed E-state index contributed by atoms with van der Waals surface area (Å²) >= 11 is 0. The molecule has 0 heterocycles. The molecule has 10 heteroatoms. The van der Waals surface area contributed by atoms with Crippen LogP contribution in [0.25, 0.3) is 0 Å². The van der Waals surface area contributed by atoms with Crippen molar-refractivity contribution in [2.45, 2.75) is 12.5 Å². The van der Waals surface area contributed by atoms with Crippen molar-refractivity contribution < 1.29 is 53.6 Å². The molecule has 0 amide bonds. The van der Waals surface area contributed by atoms with Crippen LogP contribution in [0.15, 0.2) is 0 Å². The van der Waals surface area contributed by atoms with Gasteiger partial charge in [0.05, 0.1) is 0 Å². The summed E-state index contributed by atoms with van der Waals surface area (Å²) in [5.74, 6) is 0. The van der Waals surface area contributed by atoms with Gasteiger partial charge in [0.2, 0.25) is 10.4 Å². The van der Waals surface area contributed by atoms with Gasteiger partial charge < -0.3 is 4.55 Å². The molecule has 0 spiro atoms. The fraction of sp³-hybridized carbons (Fsp3) is 1.00. The van der Waals surface area contributed by atoms with Crippen molar-refractivity contribution in [3.05, 3.63) is 0 Å². The van der Waals surface area contributed by atoms with Crippen LogP contribution in [0.5, 0.6) is 0 Å². The molecule has 0 bridgehead atoms. The molecule has 0 rings (SSSR count). The minimum Gasteiger partial charge on any atom is -0.725 e. The van der Waals surface area contributed by atoms with Crippen LogP contribution in [-0.2, 0) is 14.6 Å². The zero-order valence-corrected chi connectivity index (χ0v) is 6.45. The van der Waals surface area contributed by atoms with E-state index in [0.717, 1.165) is 0 Å². The summed E-state index contributed by atoms with van der Waals surface area (Å²) in [5, 5.41) is 0. The summed E-state index contributed by atoms with van der Waals surface area (Å²) < 4.78 is 75.2. The molecule has 0 aliphatic rings. The molecule has 0 aromatic carbocycles. The summed E-state index contributed by atoms with van der Waals surface area (Å²) in [5.41, 5.74) is 0. The van der Waals surface area contributed by atoms with E-state index in [-0.39, 0.29) is 18.9 Å². The molecule has 4 nitrogen and oxygen atoms in total. The van der Waals surface area contributed by atoms with E-state index in [4.69, 9.17) is 0 Å². The average molecular weight is 204 g/mol. The monoisotopic (exact) mass is 204 g/mol. The SMILES string of the molecule is O=S(=O)([O-])OC(F)C(F)(F)F.[Li+]. The van der Waals surface area contributed by atoms with Gasteiger partial charge in [-0.3, -0.25) is 0 Å². The molecule has 0 saturated heterocycles. The van der Waals surface area contributed by atoms with Crippen LogP contribution in [-0.4, -0.2) is 25.5 Å². The van der Waals surface area contributed by atoms with Crippen molar-refractivity contribution in [3.63, 3.8) is 0 Å². The van der Waals surface area contributed by atoms with Gasteiger partial charge in [-0.25, -0.2) is 17.0 Å². The maximum Gasteiger partial charge on any atom is 1.00 e. The van der Waals surface area contributed by atoms with Crippen molar-refractivity contribution in [2.24, 2.45) is 0 Å². The Morgan fingerprint density at radius 1 is 1.33 bits per heavy atom. The standard InChI is InChI=1S/C2H2F4O4S.Li/c3-1(2(4,5)6)10-11(7,8)9;/h1H,(H,7,8,9);/q;+1/p-1. The first kappa shape index (κ1) is 14.7. The number of hydrogen-bond acceptors (Lipinski definition) is 4. The van der Waals surface area contributed by atoms with Crippen LogP contribution in [0.1, 0.15) is 0 Å². The van der Waals surface area contributed by atoms with Crippen molar-refractivity contribution >= 4 is 10.4 Å². The van der Waals surface area contributed by atoms with Crippen molar-refractivity contribution in [2.75, 3.05) is 0 Å². The Bertz CT molecular complexity index is 222. The van der Waals surface area contributed by atoms with Crippen LogP contribution >= 0.6 is 0 Å². The third-order valence-corrected chi connectivity index (χ3v) is 0.864. The van der Waals surface area contributed by atoms with Gasteiger partial charge in [0.1, 0.15) is 0 Å². The molecule has 0 aromatic rings. The zero-order valence-electron chi connectivity index (χ0n) is 5.63. The van der Waals surface area contributed by atoms with E-state index in [2.05, 4.69) is 4.18 Å². The van der Waals surface area contributed by atoms with Gasteiger partial charge in [-0.05, 0) is 0 Å². The maximum absolute atomic E-state index is 11.5. The molecule has 1 unspecified atom stereocenters. The van der Waals surface area contributed by atoms with Crippen LogP contribution in [0.4, 0.5) is 17.6 Å². The van der Waals surface area contributed by atoms with E-state index in [1.165, 1.54) is 0 Å². The molecule has 0 aliphatic heterocycles. The van der Waals surface area contributed by atoms with E-state index >= 15 is 0 Å². The van der Waals surface area contributed by atoms with Gasteiger partial charge in [0.15, 0.2) is 0 Å². The third kappa shape index (κ3) is 6.87. The predicted molar refractivity (Wildman–Crippen MR) is 21.7 cm³/mol. The van der Waals surface area contributed by atoms with E-state index in [1.807, 2.05) is 0 Å². The Labute approximate surface area is 77.0 Å². The first-order chi connectivity index (χ1) is 4.63. The quantitative estimate of drug-likeness (QED) is 0.213. The van der Waals surface area contributed by atoms with E-state index in [0.29, 0.717) is 0 Å². The van der Waals surface area contributed by atoms with Crippen molar-refractivity contribution in [3.8, 4) is 0 Å². The summed E-state index contributed by atoms with van der Waals surface area (Å²) in [6.07, 6.45) is -9.60. The second kappa shape index (κ2) is 4.43. The molecular formula is C2HF4LiO4S. The summed E-state index contributed by atoms with van der Waals surface area (Å²) in [6.45, 7) is 0. The molecule has 0 fully saturated rings. The van der Waals surface area contributed by atoms with Gasteiger partial charge in [-0.2, -0.15) is 13.2 Å². The van der Waals surface area contributed by atoms with Crippen molar-refractivity contribution in [1.82, 2.24) is 0 Å². The molecule has 68 valence electrons. The van der Waals surface area contributed by atoms with E-state index in [9.17, 15) is 30.5 Å². The fourth-order valence-corrected chi connectivity index (χ4v) is 0.474. The summed E-state index contributed by atoms with van der Waals surface area (Å²) in [7, 11) is -5.65. The van der Waals surface area contributed by atoms with Gasteiger partial charge in [-0.1, -0.05) is 0 Å². The Kier molecular flexibility index (Phi) is 5.43. The molecular weight excluding hydrogens is 203 g/mol. The molecule has 0 aromatic heterocycles. The average Bonchev–Trinajstić information content (AvgIpc) is 1.56. The Morgan fingerprint density at radius 3 is 1.75 bits per heavy atom. The molecule has 1 atom stereocenters. The smallest absolute Gasteiger partial charge is 0.725 e. The molecule has 0 radical (unpaired) electrons. The van der Waals surface area contributed by atoms with Gasteiger partial charge in [0.25, 0.3) is 0 Å². The van der Waals surface area contributed by atoms with Crippen LogP contribution in [0.2, 0.25) is 0 Å². The Morgan fingerprint density at radius 2 is 1.67 bits per heavy atom. The van der Waals surface area contributed by atoms with Crippen molar-refractivity contribution in [1.29, 1.82) is 0 Å². The number of rotatable bonds is 2. The molecule has 0 aliphatic carbocycles. The Hall–Kier alpha value is 0.187. The minimum absolute atomic E-state index is 0. The van der Waals surface area contributed by atoms with Crippen LogP contribution < -0.4 is 18.9 Å². The molecule has 12 heavy (non-hydrogen) atoms.